The Bertz CT molecular complexity index is 1160. The first kappa shape index (κ1) is 22.0. The van der Waals surface area contributed by atoms with Gasteiger partial charge in [0, 0.05) is 37.8 Å². The van der Waals surface area contributed by atoms with Crippen LogP contribution >= 0.6 is 0 Å². The zero-order chi connectivity index (χ0) is 22.5. The average Bonchev–Trinajstić information content (AvgIpc) is 3.15. The molecule has 8 heteroatoms. The molecule has 160 valence electrons. The Balaban J connectivity index is 1.91. The number of hydrogen-bond acceptors (Lipinski definition) is 6. The number of Topliss-reactive ketones (excluding diaryl/α,β-unsaturated/α-hetero) is 1. The number of aromatic hydroxyl groups is 1. The number of pyridine rings is 1. The molecule has 2 aromatic rings. The molecule has 3 rings (SSSR count). The van der Waals surface area contributed by atoms with E-state index in [4.69, 9.17) is 0 Å². The number of ketones is 1. The van der Waals surface area contributed by atoms with Crippen LogP contribution in [0.2, 0.25) is 0 Å². The van der Waals surface area contributed by atoms with Gasteiger partial charge in [-0.3, -0.25) is 23.9 Å². The van der Waals surface area contributed by atoms with Crippen LogP contribution in [0.15, 0.2) is 34.1 Å². The van der Waals surface area contributed by atoms with Gasteiger partial charge >= 0.3 is 0 Å². The van der Waals surface area contributed by atoms with Crippen molar-refractivity contribution in [3.05, 3.63) is 56.9 Å². The summed E-state index contributed by atoms with van der Waals surface area (Å²) < 4.78 is 1.15. The summed E-state index contributed by atoms with van der Waals surface area (Å²) in [7, 11) is 0. The molecule has 1 aromatic heterocycles. The molecule has 1 amide bonds. The number of carbonyl (C=O) groups excluding carboxylic acids is 2. The van der Waals surface area contributed by atoms with E-state index >= 15 is 0 Å². The Morgan fingerprint density at radius 3 is 2.74 bits per heavy atom. The van der Waals surface area contributed by atoms with Crippen LogP contribution in [0.3, 0.4) is 0 Å². The highest BCUT2D eigenvalue weighted by molar-refractivity contribution is 5.95. The molecular weight excluding hydrogens is 396 g/mol. The molecule has 0 bridgehead atoms. The average molecular weight is 420 g/mol. The SMILES string of the molecule is CC(=O)c1cccc(N=Cc2c(C)c(C#N)c(=O)n(CCCN3CCCC3=O)c2O)c1. The van der Waals surface area contributed by atoms with Gasteiger partial charge in [-0.15, -0.1) is 0 Å². The number of likely N-dealkylation sites (tertiary alicyclic amines) is 1. The second-order valence-electron chi connectivity index (χ2n) is 7.51. The zero-order valence-electron chi connectivity index (χ0n) is 17.6. The standard InChI is InChI=1S/C23H24N4O4/c1-15-19(13-24)22(30)27(11-5-10-26-9-4-8-21(26)29)23(31)20(15)14-25-18-7-3-6-17(12-18)16(2)28/h3,6-7,12,14,31H,4-5,8-11H2,1-2H3. The minimum absolute atomic E-state index is 0.0611. The Labute approximate surface area is 180 Å². The van der Waals surface area contributed by atoms with E-state index in [1.165, 1.54) is 13.1 Å². The van der Waals surface area contributed by atoms with Gasteiger partial charge in [0.1, 0.15) is 11.6 Å². The Morgan fingerprint density at radius 1 is 1.32 bits per heavy atom. The van der Waals surface area contributed by atoms with Gasteiger partial charge in [-0.05, 0) is 44.4 Å². The van der Waals surface area contributed by atoms with Crippen LogP contribution in [0.1, 0.15) is 53.2 Å². The van der Waals surface area contributed by atoms with Crippen LogP contribution < -0.4 is 5.56 Å². The number of rotatable bonds is 7. The molecule has 0 radical (unpaired) electrons. The number of amides is 1. The van der Waals surface area contributed by atoms with Gasteiger partial charge in [0.05, 0.1) is 11.3 Å². The van der Waals surface area contributed by atoms with Crippen LogP contribution in [-0.2, 0) is 11.3 Å². The molecule has 1 aromatic carbocycles. The highest BCUT2D eigenvalue weighted by Crippen LogP contribution is 2.22. The van der Waals surface area contributed by atoms with Gasteiger partial charge in [-0.1, -0.05) is 12.1 Å². The number of benzene rings is 1. The Kier molecular flexibility index (Phi) is 6.65. The molecule has 0 spiro atoms. The third kappa shape index (κ3) is 4.72. The topological polar surface area (TPSA) is 116 Å². The maximum Gasteiger partial charge on any atom is 0.271 e. The van der Waals surface area contributed by atoms with Gasteiger partial charge < -0.3 is 10.0 Å². The molecule has 0 atom stereocenters. The lowest BCUT2D eigenvalue weighted by Gasteiger charge is -2.17. The minimum atomic E-state index is -0.569. The van der Waals surface area contributed by atoms with Gasteiger partial charge in [0.15, 0.2) is 5.78 Å². The van der Waals surface area contributed by atoms with Crippen molar-refractivity contribution in [2.45, 2.75) is 39.7 Å². The summed E-state index contributed by atoms with van der Waals surface area (Å²) in [4.78, 5) is 42.1. The molecule has 8 nitrogen and oxygen atoms in total. The smallest absolute Gasteiger partial charge is 0.271 e. The fourth-order valence-corrected chi connectivity index (χ4v) is 3.64. The normalized spacial score (nSPS) is 13.7. The molecule has 2 heterocycles. The fraction of sp³-hybridized carbons (Fsp3) is 0.348. The monoisotopic (exact) mass is 420 g/mol. The molecule has 31 heavy (non-hydrogen) atoms. The highest BCUT2D eigenvalue weighted by atomic mass is 16.3. The minimum Gasteiger partial charge on any atom is -0.494 e. The van der Waals surface area contributed by atoms with Crippen LogP contribution in [0.5, 0.6) is 5.88 Å². The lowest BCUT2D eigenvalue weighted by molar-refractivity contribution is -0.127. The third-order valence-electron chi connectivity index (χ3n) is 5.42. The van der Waals surface area contributed by atoms with Crippen molar-refractivity contribution in [3.8, 4) is 11.9 Å². The maximum absolute atomic E-state index is 12.7. The number of carbonyl (C=O) groups is 2. The second-order valence-corrected chi connectivity index (χ2v) is 7.51. The van der Waals surface area contributed by atoms with Crippen LogP contribution in [0.25, 0.3) is 0 Å². The van der Waals surface area contributed by atoms with Crippen LogP contribution in [-0.4, -0.2) is 45.6 Å². The number of nitrogens with zero attached hydrogens (tertiary/aromatic N) is 4. The molecule has 1 aliphatic heterocycles. The quantitative estimate of drug-likeness (QED) is 0.546. The maximum atomic E-state index is 12.7. The molecule has 1 saturated heterocycles. The van der Waals surface area contributed by atoms with E-state index in [2.05, 4.69) is 4.99 Å². The number of aromatic nitrogens is 1. The molecule has 0 aliphatic carbocycles. The second kappa shape index (κ2) is 9.39. The van der Waals surface area contributed by atoms with Crippen molar-refractivity contribution in [3.63, 3.8) is 0 Å². The summed E-state index contributed by atoms with van der Waals surface area (Å²) in [6.45, 7) is 4.41. The largest absolute Gasteiger partial charge is 0.494 e. The van der Waals surface area contributed by atoms with E-state index in [1.54, 1.807) is 36.1 Å². The first-order valence-electron chi connectivity index (χ1n) is 10.1. The van der Waals surface area contributed by atoms with E-state index in [0.717, 1.165) is 11.0 Å². The summed E-state index contributed by atoms with van der Waals surface area (Å²) in [5.74, 6) is -0.271. The van der Waals surface area contributed by atoms with Crippen LogP contribution in [0, 0.1) is 18.3 Å². The van der Waals surface area contributed by atoms with Gasteiger partial charge in [0.25, 0.3) is 5.56 Å². The molecule has 1 aliphatic rings. The summed E-state index contributed by atoms with van der Waals surface area (Å²) >= 11 is 0. The van der Waals surface area contributed by atoms with Crippen molar-refractivity contribution >= 4 is 23.6 Å². The third-order valence-corrected chi connectivity index (χ3v) is 5.42. The molecule has 1 fully saturated rings. The van der Waals surface area contributed by atoms with Crippen molar-refractivity contribution in [1.82, 2.24) is 9.47 Å². The summed E-state index contributed by atoms with van der Waals surface area (Å²) in [5, 5.41) is 20.2. The lowest BCUT2D eigenvalue weighted by atomic mass is 10.1. The van der Waals surface area contributed by atoms with E-state index < -0.39 is 5.56 Å². The van der Waals surface area contributed by atoms with Crippen LogP contribution in [0.4, 0.5) is 5.69 Å². The highest BCUT2D eigenvalue weighted by Gasteiger charge is 2.21. The summed E-state index contributed by atoms with van der Waals surface area (Å²) in [6.07, 6.45) is 3.24. The van der Waals surface area contributed by atoms with Gasteiger partial charge in [0.2, 0.25) is 11.8 Å². The van der Waals surface area contributed by atoms with E-state index in [9.17, 15) is 24.8 Å². The van der Waals surface area contributed by atoms with Gasteiger partial charge in [-0.25, -0.2) is 0 Å². The number of hydrogen-bond donors (Lipinski definition) is 1. The van der Waals surface area contributed by atoms with Crippen molar-refractivity contribution in [2.24, 2.45) is 4.99 Å². The van der Waals surface area contributed by atoms with E-state index in [1.807, 2.05) is 6.07 Å². The predicted molar refractivity (Wildman–Crippen MR) is 116 cm³/mol. The van der Waals surface area contributed by atoms with Gasteiger partial charge in [-0.2, -0.15) is 5.26 Å². The molecule has 1 N–H and O–H groups in total. The van der Waals surface area contributed by atoms with Crippen molar-refractivity contribution in [1.29, 1.82) is 5.26 Å². The summed E-state index contributed by atoms with van der Waals surface area (Å²) in [6, 6.07) is 8.64. The number of aliphatic imine (C=N–C) groups is 1. The zero-order valence-corrected chi connectivity index (χ0v) is 17.6. The Hall–Kier alpha value is -3.73. The first-order valence-corrected chi connectivity index (χ1v) is 10.1. The van der Waals surface area contributed by atoms with E-state index in [-0.39, 0.29) is 35.2 Å². The molecule has 0 unspecified atom stereocenters. The lowest BCUT2D eigenvalue weighted by Crippen LogP contribution is -2.29. The summed E-state index contributed by atoms with van der Waals surface area (Å²) in [5.41, 5.74) is 0.990. The molecule has 0 saturated carbocycles. The first-order chi connectivity index (χ1) is 14.8. The fourth-order valence-electron chi connectivity index (χ4n) is 3.64. The number of nitriles is 1. The van der Waals surface area contributed by atoms with Crippen molar-refractivity contribution in [2.75, 3.05) is 13.1 Å². The van der Waals surface area contributed by atoms with Crippen molar-refractivity contribution < 1.29 is 14.7 Å². The van der Waals surface area contributed by atoms with E-state index in [0.29, 0.717) is 42.7 Å². The Morgan fingerprint density at radius 2 is 2.10 bits per heavy atom. The predicted octanol–water partition coefficient (Wildman–Crippen LogP) is 2.70. The molecular formula is C23H24N4O4.